The number of benzene rings is 1. The fourth-order valence-corrected chi connectivity index (χ4v) is 2.43. The first kappa shape index (κ1) is 13.5. The van der Waals surface area contributed by atoms with Gasteiger partial charge in [-0.25, -0.2) is 0 Å². The van der Waals surface area contributed by atoms with Gasteiger partial charge in [-0.1, -0.05) is 29.3 Å². The van der Waals surface area contributed by atoms with Crippen molar-refractivity contribution in [3.8, 4) is 0 Å². The highest BCUT2D eigenvalue weighted by Crippen LogP contribution is 2.11. The van der Waals surface area contributed by atoms with Crippen molar-refractivity contribution in [2.45, 2.75) is 39.6 Å². The predicted molar refractivity (Wildman–Crippen MR) is 72.8 cm³/mol. The molecule has 0 bridgehead atoms. The van der Waals surface area contributed by atoms with Crippen molar-refractivity contribution in [2.75, 3.05) is 19.7 Å². The van der Waals surface area contributed by atoms with Gasteiger partial charge in [0.25, 0.3) is 0 Å². The third kappa shape index (κ3) is 4.09. The van der Waals surface area contributed by atoms with Crippen LogP contribution in [0.15, 0.2) is 18.2 Å². The zero-order valence-electron chi connectivity index (χ0n) is 11.5. The summed E-state index contributed by atoms with van der Waals surface area (Å²) in [5, 5.41) is 3.35. The highest BCUT2D eigenvalue weighted by atomic mass is 16.5. The van der Waals surface area contributed by atoms with Crippen LogP contribution < -0.4 is 5.32 Å². The summed E-state index contributed by atoms with van der Waals surface area (Å²) in [6, 6.07) is 6.53. The molecular weight excluding hydrogens is 226 g/mol. The topological polar surface area (TPSA) is 30.5 Å². The lowest BCUT2D eigenvalue weighted by atomic mass is 10.1. The van der Waals surface area contributed by atoms with Crippen LogP contribution in [0, 0.1) is 13.8 Å². The van der Waals surface area contributed by atoms with E-state index in [2.05, 4.69) is 44.3 Å². The molecule has 2 unspecified atom stereocenters. The first-order chi connectivity index (χ1) is 8.63. The second-order valence-corrected chi connectivity index (χ2v) is 5.24. The Morgan fingerprint density at radius 1 is 1.22 bits per heavy atom. The summed E-state index contributed by atoms with van der Waals surface area (Å²) in [5.74, 6) is 0. The van der Waals surface area contributed by atoms with Gasteiger partial charge in [-0.3, -0.25) is 0 Å². The number of rotatable bonds is 4. The normalized spacial score (nSPS) is 24.2. The quantitative estimate of drug-likeness (QED) is 0.887. The molecule has 1 heterocycles. The average Bonchev–Trinajstić information content (AvgIpc) is 2.27. The van der Waals surface area contributed by atoms with Crippen LogP contribution in [-0.2, 0) is 16.1 Å². The first-order valence-corrected chi connectivity index (χ1v) is 6.64. The van der Waals surface area contributed by atoms with Crippen LogP contribution in [0.25, 0.3) is 0 Å². The Hall–Kier alpha value is -0.900. The molecule has 0 amide bonds. The highest BCUT2D eigenvalue weighted by Gasteiger charge is 2.18. The monoisotopic (exact) mass is 249 g/mol. The number of nitrogens with one attached hydrogen (secondary N) is 1. The van der Waals surface area contributed by atoms with Gasteiger partial charge in [0.2, 0.25) is 0 Å². The van der Waals surface area contributed by atoms with E-state index >= 15 is 0 Å². The van der Waals surface area contributed by atoms with Crippen molar-refractivity contribution < 1.29 is 9.47 Å². The van der Waals surface area contributed by atoms with Gasteiger partial charge in [0.15, 0.2) is 0 Å². The van der Waals surface area contributed by atoms with E-state index in [9.17, 15) is 0 Å². The Balaban J connectivity index is 1.77. The molecule has 1 aromatic rings. The second kappa shape index (κ2) is 6.32. The molecule has 1 aliphatic rings. The third-order valence-corrected chi connectivity index (χ3v) is 3.08. The molecule has 1 saturated heterocycles. The lowest BCUT2D eigenvalue weighted by molar-refractivity contribution is -0.0716. The Morgan fingerprint density at radius 3 is 2.61 bits per heavy atom. The van der Waals surface area contributed by atoms with E-state index in [4.69, 9.17) is 9.47 Å². The third-order valence-electron chi connectivity index (χ3n) is 3.08. The van der Waals surface area contributed by atoms with E-state index in [1.54, 1.807) is 0 Å². The minimum Gasteiger partial charge on any atom is -0.374 e. The molecule has 1 N–H and O–H groups in total. The van der Waals surface area contributed by atoms with Gasteiger partial charge in [-0.15, -0.1) is 0 Å². The van der Waals surface area contributed by atoms with E-state index in [-0.39, 0.29) is 12.2 Å². The van der Waals surface area contributed by atoms with Crippen LogP contribution in [0.4, 0.5) is 0 Å². The first-order valence-electron chi connectivity index (χ1n) is 6.64. The molecule has 0 aliphatic carbocycles. The van der Waals surface area contributed by atoms with E-state index < -0.39 is 0 Å². The second-order valence-electron chi connectivity index (χ2n) is 5.24. The SMILES string of the molecule is Cc1cc(C)cc(COCC2CNCC(C)O2)c1. The minimum absolute atomic E-state index is 0.180. The Labute approximate surface area is 109 Å². The Kier molecular flexibility index (Phi) is 4.75. The maximum absolute atomic E-state index is 5.78. The van der Waals surface area contributed by atoms with E-state index in [0.717, 1.165) is 13.1 Å². The highest BCUT2D eigenvalue weighted by molar-refractivity contribution is 5.27. The molecule has 0 radical (unpaired) electrons. The van der Waals surface area contributed by atoms with E-state index in [1.807, 2.05) is 0 Å². The van der Waals surface area contributed by atoms with Crippen molar-refractivity contribution in [2.24, 2.45) is 0 Å². The van der Waals surface area contributed by atoms with Gasteiger partial charge in [0.1, 0.15) is 0 Å². The molecule has 3 nitrogen and oxygen atoms in total. The minimum atomic E-state index is 0.180. The van der Waals surface area contributed by atoms with Crippen molar-refractivity contribution in [1.82, 2.24) is 5.32 Å². The van der Waals surface area contributed by atoms with Gasteiger partial charge in [-0.2, -0.15) is 0 Å². The zero-order valence-corrected chi connectivity index (χ0v) is 11.5. The summed E-state index contributed by atoms with van der Waals surface area (Å²) in [6.45, 7) is 9.47. The number of hydrogen-bond donors (Lipinski definition) is 1. The summed E-state index contributed by atoms with van der Waals surface area (Å²) >= 11 is 0. The molecule has 18 heavy (non-hydrogen) atoms. The van der Waals surface area contributed by atoms with Crippen molar-refractivity contribution >= 4 is 0 Å². The molecule has 3 heteroatoms. The van der Waals surface area contributed by atoms with Gasteiger partial charge in [0.05, 0.1) is 25.4 Å². The van der Waals surface area contributed by atoms with Gasteiger partial charge in [0, 0.05) is 13.1 Å². The van der Waals surface area contributed by atoms with Crippen molar-refractivity contribution in [3.05, 3.63) is 34.9 Å². The average molecular weight is 249 g/mol. The summed E-state index contributed by atoms with van der Waals surface area (Å²) in [6.07, 6.45) is 0.466. The fraction of sp³-hybridized carbons (Fsp3) is 0.600. The number of ether oxygens (including phenoxy) is 2. The van der Waals surface area contributed by atoms with Gasteiger partial charge in [-0.05, 0) is 26.3 Å². The maximum Gasteiger partial charge on any atom is 0.0936 e. The Morgan fingerprint density at radius 2 is 1.94 bits per heavy atom. The van der Waals surface area contributed by atoms with Crippen LogP contribution in [-0.4, -0.2) is 31.9 Å². The maximum atomic E-state index is 5.78. The molecular formula is C15H23NO2. The number of hydrogen-bond acceptors (Lipinski definition) is 3. The Bertz CT molecular complexity index is 372. The largest absolute Gasteiger partial charge is 0.374 e. The summed E-state index contributed by atoms with van der Waals surface area (Å²) < 4.78 is 11.5. The van der Waals surface area contributed by atoms with E-state index in [0.29, 0.717) is 13.2 Å². The van der Waals surface area contributed by atoms with Crippen LogP contribution in [0.1, 0.15) is 23.6 Å². The standard InChI is InChI=1S/C15H23NO2/c1-11-4-12(2)6-14(5-11)9-17-10-15-8-16-7-13(3)18-15/h4-6,13,15-16H,7-10H2,1-3H3. The molecule has 1 aliphatic heterocycles. The van der Waals surface area contributed by atoms with Crippen LogP contribution in [0.5, 0.6) is 0 Å². The van der Waals surface area contributed by atoms with Crippen molar-refractivity contribution in [1.29, 1.82) is 0 Å². The van der Waals surface area contributed by atoms with E-state index in [1.165, 1.54) is 16.7 Å². The van der Waals surface area contributed by atoms with Gasteiger partial charge < -0.3 is 14.8 Å². The fourth-order valence-electron chi connectivity index (χ4n) is 2.43. The smallest absolute Gasteiger partial charge is 0.0936 e. The summed E-state index contributed by atoms with van der Waals surface area (Å²) in [7, 11) is 0. The lowest BCUT2D eigenvalue weighted by Gasteiger charge is -2.28. The van der Waals surface area contributed by atoms with Crippen LogP contribution in [0.3, 0.4) is 0 Å². The molecule has 1 fully saturated rings. The molecule has 2 rings (SSSR count). The number of morpholine rings is 1. The number of aryl methyl sites for hydroxylation is 2. The molecule has 0 spiro atoms. The zero-order chi connectivity index (χ0) is 13.0. The summed E-state index contributed by atoms with van der Waals surface area (Å²) in [5.41, 5.74) is 3.82. The molecule has 100 valence electrons. The van der Waals surface area contributed by atoms with Gasteiger partial charge >= 0.3 is 0 Å². The van der Waals surface area contributed by atoms with Crippen molar-refractivity contribution in [3.63, 3.8) is 0 Å². The molecule has 1 aromatic carbocycles. The molecule has 0 saturated carbocycles. The predicted octanol–water partition coefficient (Wildman–Crippen LogP) is 2.20. The molecule has 2 atom stereocenters. The van der Waals surface area contributed by atoms with Crippen LogP contribution in [0.2, 0.25) is 0 Å². The molecule has 0 aromatic heterocycles. The lowest BCUT2D eigenvalue weighted by Crippen LogP contribution is -2.45. The van der Waals surface area contributed by atoms with Crippen LogP contribution >= 0.6 is 0 Å². The summed E-state index contributed by atoms with van der Waals surface area (Å²) in [4.78, 5) is 0.